The lowest BCUT2D eigenvalue weighted by molar-refractivity contribution is 0.0252. The Bertz CT molecular complexity index is 443. The molecule has 0 amide bonds. The number of nitrogens with zero attached hydrogens (tertiary/aromatic N) is 3. The van der Waals surface area contributed by atoms with Crippen molar-refractivity contribution in [2.24, 2.45) is 0 Å². The highest BCUT2D eigenvalue weighted by Gasteiger charge is 2.37. The third-order valence-electron chi connectivity index (χ3n) is 3.76. The summed E-state index contributed by atoms with van der Waals surface area (Å²) in [7, 11) is 0. The number of rotatable bonds is 2. The van der Waals surface area contributed by atoms with Gasteiger partial charge >= 0.3 is 0 Å². The standard InChI is InChI=1S/C12H15Cl2N3O/c13-6-8-11(14)15-7-16-12(8)17-4-5-18-10-3-1-2-9(10)17/h7,9-10H,1-6H2. The number of morpholine rings is 1. The van der Waals surface area contributed by atoms with Crippen molar-refractivity contribution in [3.63, 3.8) is 0 Å². The van der Waals surface area contributed by atoms with Gasteiger partial charge in [-0.3, -0.25) is 0 Å². The first kappa shape index (κ1) is 12.5. The second kappa shape index (κ2) is 5.19. The molecule has 2 fully saturated rings. The van der Waals surface area contributed by atoms with Gasteiger partial charge in [0.25, 0.3) is 0 Å². The Balaban J connectivity index is 1.96. The molecule has 0 bridgehead atoms. The van der Waals surface area contributed by atoms with E-state index >= 15 is 0 Å². The van der Waals surface area contributed by atoms with Gasteiger partial charge in [0, 0.05) is 12.1 Å². The number of alkyl halides is 1. The van der Waals surface area contributed by atoms with Gasteiger partial charge < -0.3 is 9.64 Å². The van der Waals surface area contributed by atoms with Crippen molar-refractivity contribution in [2.75, 3.05) is 18.1 Å². The van der Waals surface area contributed by atoms with E-state index in [4.69, 9.17) is 27.9 Å². The molecule has 6 heteroatoms. The molecule has 1 aliphatic heterocycles. The molecular formula is C12H15Cl2N3O. The molecule has 2 aliphatic rings. The number of ether oxygens (including phenoxy) is 1. The summed E-state index contributed by atoms with van der Waals surface area (Å²) in [5, 5.41) is 0.455. The van der Waals surface area contributed by atoms with Gasteiger partial charge in [-0.05, 0) is 19.3 Å². The molecule has 0 radical (unpaired) electrons. The molecular weight excluding hydrogens is 273 g/mol. The van der Waals surface area contributed by atoms with Crippen LogP contribution >= 0.6 is 23.2 Å². The van der Waals surface area contributed by atoms with Gasteiger partial charge in [0.1, 0.15) is 17.3 Å². The zero-order valence-corrected chi connectivity index (χ0v) is 11.5. The molecule has 1 aliphatic carbocycles. The van der Waals surface area contributed by atoms with E-state index in [1.54, 1.807) is 0 Å². The van der Waals surface area contributed by atoms with Crippen molar-refractivity contribution in [1.82, 2.24) is 9.97 Å². The predicted molar refractivity (Wildman–Crippen MR) is 71.3 cm³/mol. The summed E-state index contributed by atoms with van der Waals surface area (Å²) in [6, 6.07) is 0.409. The van der Waals surface area contributed by atoms with Crippen LogP contribution < -0.4 is 4.90 Å². The van der Waals surface area contributed by atoms with Crippen molar-refractivity contribution in [2.45, 2.75) is 37.3 Å². The second-order valence-electron chi connectivity index (χ2n) is 4.70. The summed E-state index contributed by atoms with van der Waals surface area (Å²) >= 11 is 12.1. The lowest BCUT2D eigenvalue weighted by Gasteiger charge is -2.39. The van der Waals surface area contributed by atoms with Crippen LogP contribution in [-0.4, -0.2) is 35.3 Å². The maximum absolute atomic E-state index is 6.10. The number of fused-ring (bicyclic) bond motifs is 1. The number of hydrogen-bond acceptors (Lipinski definition) is 4. The first-order valence-electron chi connectivity index (χ1n) is 6.25. The molecule has 1 aromatic heterocycles. The molecule has 0 aromatic carbocycles. The molecule has 2 heterocycles. The van der Waals surface area contributed by atoms with Gasteiger partial charge in [0.05, 0.1) is 24.6 Å². The van der Waals surface area contributed by atoms with Crippen LogP contribution in [0.1, 0.15) is 24.8 Å². The van der Waals surface area contributed by atoms with Crippen LogP contribution in [0, 0.1) is 0 Å². The van der Waals surface area contributed by atoms with Crippen LogP contribution in [0.4, 0.5) is 5.82 Å². The van der Waals surface area contributed by atoms with Gasteiger partial charge in [0.2, 0.25) is 0 Å². The highest BCUT2D eigenvalue weighted by Crippen LogP contribution is 2.35. The molecule has 1 saturated carbocycles. The van der Waals surface area contributed by atoms with E-state index in [9.17, 15) is 0 Å². The average Bonchev–Trinajstić information content (AvgIpc) is 2.86. The number of anilines is 1. The van der Waals surface area contributed by atoms with E-state index in [1.165, 1.54) is 12.7 Å². The summed E-state index contributed by atoms with van der Waals surface area (Å²) in [6.45, 7) is 1.59. The Kier molecular flexibility index (Phi) is 3.59. The van der Waals surface area contributed by atoms with Crippen molar-refractivity contribution < 1.29 is 4.74 Å². The number of aromatic nitrogens is 2. The van der Waals surface area contributed by atoms with Crippen molar-refractivity contribution in [1.29, 1.82) is 0 Å². The van der Waals surface area contributed by atoms with Crippen LogP contribution in [0.2, 0.25) is 5.15 Å². The van der Waals surface area contributed by atoms with Crippen molar-refractivity contribution >= 4 is 29.0 Å². The highest BCUT2D eigenvalue weighted by molar-refractivity contribution is 6.31. The molecule has 98 valence electrons. The van der Waals surface area contributed by atoms with Crippen LogP contribution in [0.5, 0.6) is 0 Å². The third kappa shape index (κ3) is 2.06. The average molecular weight is 288 g/mol. The molecule has 0 spiro atoms. The number of hydrogen-bond donors (Lipinski definition) is 0. The van der Waals surface area contributed by atoms with E-state index in [2.05, 4.69) is 14.9 Å². The molecule has 2 unspecified atom stereocenters. The maximum Gasteiger partial charge on any atom is 0.138 e. The van der Waals surface area contributed by atoms with Crippen molar-refractivity contribution in [3.05, 3.63) is 17.0 Å². The summed E-state index contributed by atoms with van der Waals surface area (Å²) in [6.07, 6.45) is 5.33. The minimum atomic E-state index is 0.329. The fourth-order valence-electron chi connectivity index (χ4n) is 2.93. The minimum absolute atomic E-state index is 0.329. The summed E-state index contributed by atoms with van der Waals surface area (Å²) < 4.78 is 5.81. The molecule has 4 nitrogen and oxygen atoms in total. The van der Waals surface area contributed by atoms with Crippen LogP contribution in [0.25, 0.3) is 0 Å². The molecule has 1 saturated heterocycles. The predicted octanol–water partition coefficient (Wildman–Crippen LogP) is 2.63. The summed E-state index contributed by atoms with van der Waals surface area (Å²) in [4.78, 5) is 10.7. The van der Waals surface area contributed by atoms with E-state index in [1.807, 2.05) is 0 Å². The summed E-state index contributed by atoms with van der Waals surface area (Å²) in [5.41, 5.74) is 0.827. The van der Waals surface area contributed by atoms with E-state index in [0.29, 0.717) is 23.2 Å². The van der Waals surface area contributed by atoms with Gasteiger partial charge in [0.15, 0.2) is 0 Å². The second-order valence-corrected chi connectivity index (χ2v) is 5.33. The fraction of sp³-hybridized carbons (Fsp3) is 0.667. The Labute approximate surface area is 116 Å². The van der Waals surface area contributed by atoms with E-state index < -0.39 is 0 Å². The first-order valence-corrected chi connectivity index (χ1v) is 7.16. The van der Waals surface area contributed by atoms with Crippen LogP contribution in [0.15, 0.2) is 6.33 Å². The minimum Gasteiger partial charge on any atom is -0.374 e. The Morgan fingerprint density at radius 1 is 1.39 bits per heavy atom. The van der Waals surface area contributed by atoms with E-state index in [0.717, 1.165) is 37.4 Å². The monoisotopic (exact) mass is 287 g/mol. The molecule has 2 atom stereocenters. The van der Waals surface area contributed by atoms with Crippen molar-refractivity contribution in [3.8, 4) is 0 Å². The Hall–Kier alpha value is -0.580. The van der Waals surface area contributed by atoms with Gasteiger partial charge in [-0.25, -0.2) is 9.97 Å². The fourth-order valence-corrected chi connectivity index (χ4v) is 3.44. The Morgan fingerprint density at radius 3 is 3.11 bits per heavy atom. The van der Waals surface area contributed by atoms with Gasteiger partial charge in [-0.15, -0.1) is 11.6 Å². The zero-order valence-electron chi connectivity index (χ0n) is 9.98. The number of halogens is 2. The quantitative estimate of drug-likeness (QED) is 0.619. The normalized spacial score (nSPS) is 27.3. The smallest absolute Gasteiger partial charge is 0.138 e. The molecule has 0 N–H and O–H groups in total. The van der Waals surface area contributed by atoms with Crippen LogP contribution in [-0.2, 0) is 10.6 Å². The Morgan fingerprint density at radius 2 is 2.28 bits per heavy atom. The van der Waals surface area contributed by atoms with E-state index in [-0.39, 0.29) is 0 Å². The molecule has 3 rings (SSSR count). The molecule has 18 heavy (non-hydrogen) atoms. The topological polar surface area (TPSA) is 38.2 Å². The largest absolute Gasteiger partial charge is 0.374 e. The highest BCUT2D eigenvalue weighted by atomic mass is 35.5. The SMILES string of the molecule is ClCc1c(Cl)ncnc1N1CCOC2CCCC21. The van der Waals surface area contributed by atoms with Gasteiger partial charge in [-0.2, -0.15) is 0 Å². The van der Waals surface area contributed by atoms with Gasteiger partial charge in [-0.1, -0.05) is 11.6 Å². The zero-order chi connectivity index (χ0) is 12.5. The summed E-state index contributed by atoms with van der Waals surface area (Å²) in [5.74, 6) is 1.22. The first-order chi connectivity index (χ1) is 8.81. The maximum atomic E-state index is 6.10. The lowest BCUT2D eigenvalue weighted by atomic mass is 10.1. The van der Waals surface area contributed by atoms with Crippen LogP contribution in [0.3, 0.4) is 0 Å². The third-order valence-corrected chi connectivity index (χ3v) is 4.35. The lowest BCUT2D eigenvalue weighted by Crippen LogP contribution is -2.49. The molecule has 1 aromatic rings.